The quantitative estimate of drug-likeness (QED) is 0.418. The van der Waals surface area contributed by atoms with Crippen molar-refractivity contribution in [2.75, 3.05) is 13.2 Å². The van der Waals surface area contributed by atoms with Crippen LogP contribution in [0.2, 0.25) is 10.0 Å². The van der Waals surface area contributed by atoms with E-state index in [-0.39, 0.29) is 24.0 Å². The average Bonchev–Trinajstić information content (AvgIpc) is 3.16. The van der Waals surface area contributed by atoms with Crippen molar-refractivity contribution in [2.24, 2.45) is 0 Å². The smallest absolute Gasteiger partial charge is 0.251 e. The monoisotopic (exact) mass is 503 g/mol. The number of ether oxygens (including phenoxy) is 3. The van der Waals surface area contributed by atoms with Crippen molar-refractivity contribution in [3.8, 4) is 5.75 Å². The van der Waals surface area contributed by atoms with Crippen LogP contribution < -0.4 is 10.1 Å². The second-order valence-electron chi connectivity index (χ2n) is 8.38. The maximum atomic E-state index is 15.0. The third-order valence-corrected chi connectivity index (χ3v) is 5.95. The van der Waals surface area contributed by atoms with Gasteiger partial charge in [-0.05, 0) is 55.8 Å². The van der Waals surface area contributed by atoms with E-state index in [0.717, 1.165) is 11.6 Å². The number of hydrogen-bond donors (Lipinski definition) is 1. The first kappa shape index (κ1) is 24.5. The molecule has 0 radical (unpaired) electrons. The first-order chi connectivity index (χ1) is 16.2. The van der Waals surface area contributed by atoms with Crippen LogP contribution in [0.3, 0.4) is 0 Å². The zero-order valence-electron chi connectivity index (χ0n) is 18.7. The molecule has 0 aliphatic carbocycles. The van der Waals surface area contributed by atoms with Crippen LogP contribution in [-0.4, -0.2) is 30.9 Å². The molecule has 0 saturated carbocycles. The van der Waals surface area contributed by atoms with Gasteiger partial charge < -0.3 is 19.5 Å². The van der Waals surface area contributed by atoms with Crippen molar-refractivity contribution in [1.82, 2.24) is 5.32 Å². The molecule has 8 heteroatoms. The van der Waals surface area contributed by atoms with Crippen LogP contribution in [0, 0.1) is 5.82 Å². The molecule has 3 aromatic carbocycles. The van der Waals surface area contributed by atoms with Crippen LogP contribution in [0.5, 0.6) is 5.75 Å². The average molecular weight is 504 g/mol. The number of rotatable bonds is 7. The van der Waals surface area contributed by atoms with Gasteiger partial charge in [0.1, 0.15) is 6.10 Å². The molecule has 1 N–H and O–H groups in total. The minimum Gasteiger partial charge on any atom is -0.478 e. The van der Waals surface area contributed by atoms with Gasteiger partial charge >= 0.3 is 0 Å². The largest absolute Gasteiger partial charge is 0.478 e. The highest BCUT2D eigenvalue weighted by molar-refractivity contribution is 6.31. The Balaban J connectivity index is 1.51. The highest BCUT2D eigenvalue weighted by Gasteiger charge is 2.32. The van der Waals surface area contributed by atoms with Gasteiger partial charge in [-0.1, -0.05) is 53.5 Å². The maximum absolute atomic E-state index is 15.0. The summed E-state index contributed by atoms with van der Waals surface area (Å²) < 4.78 is 32.2. The third-order valence-electron chi connectivity index (χ3n) is 5.36. The van der Waals surface area contributed by atoms with Crippen molar-refractivity contribution in [3.05, 3.63) is 99.3 Å². The maximum Gasteiger partial charge on any atom is 0.251 e. The molecule has 1 aliphatic rings. The van der Waals surface area contributed by atoms with Gasteiger partial charge in [-0.2, -0.15) is 0 Å². The Morgan fingerprint density at radius 1 is 1.15 bits per heavy atom. The second kappa shape index (κ2) is 10.3. The predicted octanol–water partition coefficient (Wildman–Crippen LogP) is 6.18. The summed E-state index contributed by atoms with van der Waals surface area (Å²) in [6, 6.07) is 18.3. The lowest BCUT2D eigenvalue weighted by atomic mass is 10.0. The first-order valence-corrected chi connectivity index (χ1v) is 11.5. The number of carbonyl (C=O) groups excluding carboxylic acids is 1. The van der Waals surface area contributed by atoms with Gasteiger partial charge in [0.25, 0.3) is 5.91 Å². The minimum atomic E-state index is -0.678. The van der Waals surface area contributed by atoms with E-state index >= 15 is 4.39 Å². The molecule has 1 amide bonds. The molecule has 0 aromatic heterocycles. The predicted molar refractivity (Wildman–Crippen MR) is 129 cm³/mol. The summed E-state index contributed by atoms with van der Waals surface area (Å²) in [7, 11) is 0. The number of hydrogen-bond acceptors (Lipinski definition) is 4. The van der Waals surface area contributed by atoms with Crippen molar-refractivity contribution in [2.45, 2.75) is 31.8 Å². The molecule has 1 heterocycles. The summed E-state index contributed by atoms with van der Waals surface area (Å²) in [6.45, 7) is 4.25. The van der Waals surface area contributed by atoms with E-state index in [2.05, 4.69) is 5.32 Å². The van der Waals surface area contributed by atoms with Gasteiger partial charge in [0.2, 0.25) is 0 Å². The van der Waals surface area contributed by atoms with Crippen LogP contribution >= 0.6 is 23.2 Å². The Labute approximate surface area is 207 Å². The Morgan fingerprint density at radius 2 is 1.88 bits per heavy atom. The van der Waals surface area contributed by atoms with E-state index in [1.54, 1.807) is 30.3 Å². The number of benzene rings is 3. The topological polar surface area (TPSA) is 56.8 Å². The molecule has 0 spiro atoms. The summed E-state index contributed by atoms with van der Waals surface area (Å²) in [5.74, 6) is -1.77. The number of nitrogens with one attached hydrogen (secondary N) is 1. The van der Waals surface area contributed by atoms with Gasteiger partial charge in [0.05, 0.1) is 6.61 Å². The molecule has 2 unspecified atom stereocenters. The highest BCUT2D eigenvalue weighted by atomic mass is 35.5. The lowest BCUT2D eigenvalue weighted by Gasteiger charge is -2.22. The molecule has 1 saturated heterocycles. The Hall–Kier alpha value is -2.64. The molecular formula is C26H24Cl2FNO4. The van der Waals surface area contributed by atoms with Crippen molar-refractivity contribution in [1.29, 1.82) is 0 Å². The Kier molecular flexibility index (Phi) is 7.43. The highest BCUT2D eigenvalue weighted by Crippen LogP contribution is 2.34. The fourth-order valence-corrected chi connectivity index (χ4v) is 4.03. The third kappa shape index (κ3) is 5.88. The van der Waals surface area contributed by atoms with Crippen molar-refractivity contribution in [3.63, 3.8) is 0 Å². The fraction of sp³-hybridized carbons (Fsp3) is 0.269. The van der Waals surface area contributed by atoms with Gasteiger partial charge in [-0.25, -0.2) is 4.39 Å². The molecule has 5 nitrogen and oxygen atoms in total. The van der Waals surface area contributed by atoms with Gasteiger partial charge in [0.15, 0.2) is 23.5 Å². The van der Waals surface area contributed by atoms with Gasteiger partial charge in [-0.15, -0.1) is 0 Å². The number of carbonyl (C=O) groups is 1. The summed E-state index contributed by atoms with van der Waals surface area (Å²) in [4.78, 5) is 12.5. The second-order valence-corrected chi connectivity index (χ2v) is 9.22. The van der Waals surface area contributed by atoms with Crippen LogP contribution in [0.1, 0.15) is 41.4 Å². The zero-order valence-corrected chi connectivity index (χ0v) is 20.2. The first-order valence-electron chi connectivity index (χ1n) is 10.8. The van der Waals surface area contributed by atoms with E-state index in [1.165, 1.54) is 12.1 Å². The van der Waals surface area contributed by atoms with Gasteiger partial charge in [0, 0.05) is 27.7 Å². The van der Waals surface area contributed by atoms with Crippen LogP contribution in [0.4, 0.5) is 4.39 Å². The number of halogens is 3. The summed E-state index contributed by atoms with van der Waals surface area (Å²) in [6.07, 6.45) is -0.940. The molecule has 1 fully saturated rings. The lowest BCUT2D eigenvalue weighted by Crippen LogP contribution is -2.34. The molecule has 178 valence electrons. The Bertz CT molecular complexity index is 1170. The van der Waals surface area contributed by atoms with E-state index in [1.807, 2.05) is 32.0 Å². The summed E-state index contributed by atoms with van der Waals surface area (Å²) in [5.41, 5.74) is 1.60. The van der Waals surface area contributed by atoms with Crippen LogP contribution in [0.25, 0.3) is 0 Å². The molecule has 4 rings (SSSR count). The van der Waals surface area contributed by atoms with Crippen molar-refractivity contribution >= 4 is 29.1 Å². The molecule has 0 bridgehead atoms. The minimum absolute atomic E-state index is 0.00862. The van der Waals surface area contributed by atoms with E-state index in [9.17, 15) is 4.79 Å². The molecule has 3 aromatic rings. The van der Waals surface area contributed by atoms with Gasteiger partial charge in [-0.3, -0.25) is 4.79 Å². The molecule has 1 aliphatic heterocycles. The van der Waals surface area contributed by atoms with E-state index < -0.39 is 23.6 Å². The molecule has 2 atom stereocenters. The SMILES string of the molecule is CC1(C)OCC(CNC(=O)c2ccc(OC(c3ccc(Cl)cc3)c3ccccc3Cl)c(F)c2)O1. The Morgan fingerprint density at radius 3 is 2.53 bits per heavy atom. The molecular weight excluding hydrogens is 480 g/mol. The zero-order chi connectivity index (χ0) is 24.3. The van der Waals surface area contributed by atoms with E-state index in [4.69, 9.17) is 37.4 Å². The number of amides is 1. The fourth-order valence-electron chi connectivity index (χ4n) is 3.67. The lowest BCUT2D eigenvalue weighted by molar-refractivity contribution is -0.137. The normalized spacial score (nSPS) is 17.9. The standard InChI is InChI=1S/C26H24Cl2FNO4/c1-26(2)32-15-19(34-26)14-30-25(31)17-9-12-23(22(29)13-17)33-24(16-7-10-18(27)11-8-16)20-5-3-4-6-21(20)28/h3-13,19,24H,14-15H2,1-2H3,(H,30,31). The van der Waals surface area contributed by atoms with E-state index in [0.29, 0.717) is 22.2 Å². The van der Waals surface area contributed by atoms with Crippen molar-refractivity contribution < 1.29 is 23.4 Å². The summed E-state index contributed by atoms with van der Waals surface area (Å²) in [5, 5.41) is 3.81. The summed E-state index contributed by atoms with van der Waals surface area (Å²) >= 11 is 12.4. The van der Waals surface area contributed by atoms with Crippen LogP contribution in [-0.2, 0) is 9.47 Å². The van der Waals surface area contributed by atoms with Crippen LogP contribution in [0.15, 0.2) is 66.7 Å². The molecule has 34 heavy (non-hydrogen) atoms.